The third kappa shape index (κ3) is 5.33. The van der Waals surface area contributed by atoms with Gasteiger partial charge >= 0.3 is 5.97 Å². The van der Waals surface area contributed by atoms with Crippen LogP contribution in [0.4, 0.5) is 11.4 Å². The summed E-state index contributed by atoms with van der Waals surface area (Å²) < 4.78 is 10.6. The Labute approximate surface area is 176 Å². The smallest absolute Gasteiger partial charge is 0.343 e. The Morgan fingerprint density at radius 1 is 1.10 bits per heavy atom. The van der Waals surface area contributed by atoms with Gasteiger partial charge in [0.25, 0.3) is 5.69 Å². The number of hydrazone groups is 1. The van der Waals surface area contributed by atoms with Crippen molar-refractivity contribution >= 4 is 35.2 Å². The van der Waals surface area contributed by atoms with Crippen molar-refractivity contribution in [3.8, 4) is 11.5 Å². The van der Waals surface area contributed by atoms with Crippen molar-refractivity contribution in [1.82, 2.24) is 0 Å². The molecule has 152 valence electrons. The van der Waals surface area contributed by atoms with Gasteiger partial charge in [-0.3, -0.25) is 15.5 Å². The van der Waals surface area contributed by atoms with Crippen LogP contribution < -0.4 is 14.9 Å². The van der Waals surface area contributed by atoms with Crippen molar-refractivity contribution in [1.29, 1.82) is 0 Å². The molecule has 3 aromatic rings. The fraction of sp³-hybridized carbons (Fsp3) is 0.0476. The SMILES string of the molecule is COc1cc(C=NNc2cccc(Cl)c2)ccc1OC(=O)c1cccc([N+](=O)[O-])c1. The van der Waals surface area contributed by atoms with Crippen LogP contribution in [0.15, 0.2) is 71.8 Å². The number of non-ortho nitro benzene ring substituents is 1. The zero-order valence-electron chi connectivity index (χ0n) is 15.7. The topological polar surface area (TPSA) is 103 Å². The maximum Gasteiger partial charge on any atom is 0.343 e. The monoisotopic (exact) mass is 425 g/mol. The van der Waals surface area contributed by atoms with Crippen molar-refractivity contribution in [2.75, 3.05) is 12.5 Å². The number of benzene rings is 3. The van der Waals surface area contributed by atoms with Crippen LogP contribution in [0, 0.1) is 10.1 Å². The summed E-state index contributed by atoms with van der Waals surface area (Å²) in [6, 6.07) is 17.3. The molecule has 0 atom stereocenters. The van der Waals surface area contributed by atoms with E-state index in [1.807, 2.05) is 6.07 Å². The molecule has 0 amide bonds. The molecule has 0 aliphatic heterocycles. The van der Waals surface area contributed by atoms with E-state index in [9.17, 15) is 14.9 Å². The lowest BCUT2D eigenvalue weighted by molar-refractivity contribution is -0.384. The molecule has 1 N–H and O–H groups in total. The summed E-state index contributed by atoms with van der Waals surface area (Å²) in [7, 11) is 1.44. The highest BCUT2D eigenvalue weighted by Crippen LogP contribution is 2.29. The Morgan fingerprint density at radius 2 is 1.90 bits per heavy atom. The van der Waals surface area contributed by atoms with Crippen LogP contribution in [-0.2, 0) is 0 Å². The van der Waals surface area contributed by atoms with E-state index >= 15 is 0 Å². The highest BCUT2D eigenvalue weighted by atomic mass is 35.5. The lowest BCUT2D eigenvalue weighted by atomic mass is 10.2. The van der Waals surface area contributed by atoms with Gasteiger partial charge in [-0.15, -0.1) is 0 Å². The third-order valence-electron chi connectivity index (χ3n) is 3.91. The van der Waals surface area contributed by atoms with Crippen LogP contribution in [0.25, 0.3) is 0 Å². The van der Waals surface area contributed by atoms with Crippen LogP contribution in [0.1, 0.15) is 15.9 Å². The quantitative estimate of drug-likeness (QED) is 0.189. The number of nitrogens with one attached hydrogen (secondary N) is 1. The summed E-state index contributed by atoms with van der Waals surface area (Å²) in [5.74, 6) is -0.254. The summed E-state index contributed by atoms with van der Waals surface area (Å²) in [5, 5.41) is 15.6. The molecule has 0 radical (unpaired) electrons. The maximum absolute atomic E-state index is 12.4. The molecule has 3 rings (SSSR count). The lowest BCUT2D eigenvalue weighted by Gasteiger charge is -2.10. The average Bonchev–Trinajstić information content (AvgIpc) is 2.74. The second-order valence-corrected chi connectivity index (χ2v) is 6.42. The number of nitrogens with zero attached hydrogens (tertiary/aromatic N) is 2. The van der Waals surface area contributed by atoms with E-state index in [2.05, 4.69) is 10.5 Å². The van der Waals surface area contributed by atoms with Crippen LogP contribution in [0.5, 0.6) is 11.5 Å². The van der Waals surface area contributed by atoms with Gasteiger partial charge in [0, 0.05) is 17.2 Å². The second-order valence-electron chi connectivity index (χ2n) is 5.99. The first-order chi connectivity index (χ1) is 14.5. The molecule has 0 aliphatic rings. The van der Waals surface area contributed by atoms with Crippen molar-refractivity contribution in [3.05, 3.63) is 93.0 Å². The summed E-state index contributed by atoms with van der Waals surface area (Å²) in [5.41, 5.74) is 4.14. The van der Waals surface area contributed by atoms with E-state index in [4.69, 9.17) is 21.1 Å². The summed E-state index contributed by atoms with van der Waals surface area (Å²) in [4.78, 5) is 22.6. The molecular formula is C21H16ClN3O5. The predicted octanol–water partition coefficient (Wildman–Crippen LogP) is 4.92. The normalized spacial score (nSPS) is 10.6. The third-order valence-corrected chi connectivity index (χ3v) is 4.15. The van der Waals surface area contributed by atoms with E-state index < -0.39 is 10.9 Å². The number of methoxy groups -OCH3 is 1. The first kappa shape index (κ1) is 20.8. The van der Waals surface area contributed by atoms with Crippen molar-refractivity contribution < 1.29 is 19.2 Å². The Kier molecular flexibility index (Phi) is 6.61. The van der Waals surface area contributed by atoms with Gasteiger partial charge < -0.3 is 9.47 Å². The fourth-order valence-electron chi connectivity index (χ4n) is 2.49. The minimum atomic E-state index is -0.735. The van der Waals surface area contributed by atoms with Crippen molar-refractivity contribution in [2.24, 2.45) is 5.10 Å². The van der Waals surface area contributed by atoms with Gasteiger partial charge in [0.1, 0.15) is 0 Å². The van der Waals surface area contributed by atoms with E-state index in [0.29, 0.717) is 16.3 Å². The van der Waals surface area contributed by atoms with E-state index in [0.717, 1.165) is 11.8 Å². The highest BCUT2D eigenvalue weighted by Gasteiger charge is 2.15. The van der Waals surface area contributed by atoms with Crippen LogP contribution in [-0.4, -0.2) is 24.2 Å². The molecule has 0 unspecified atom stereocenters. The highest BCUT2D eigenvalue weighted by molar-refractivity contribution is 6.30. The Bertz CT molecular complexity index is 1120. The Balaban J connectivity index is 1.72. The van der Waals surface area contributed by atoms with E-state index in [1.165, 1.54) is 25.3 Å². The van der Waals surface area contributed by atoms with E-state index in [1.54, 1.807) is 42.6 Å². The van der Waals surface area contributed by atoms with Crippen LogP contribution in [0.3, 0.4) is 0 Å². The maximum atomic E-state index is 12.4. The Hall–Kier alpha value is -3.91. The molecule has 0 bridgehead atoms. The van der Waals surface area contributed by atoms with Gasteiger partial charge in [-0.1, -0.05) is 23.7 Å². The zero-order valence-corrected chi connectivity index (χ0v) is 16.5. The summed E-state index contributed by atoms with van der Waals surface area (Å²) in [6.07, 6.45) is 1.57. The number of anilines is 1. The number of ether oxygens (including phenoxy) is 2. The van der Waals surface area contributed by atoms with Gasteiger partial charge in [0.2, 0.25) is 0 Å². The zero-order chi connectivity index (χ0) is 21.5. The molecule has 0 saturated heterocycles. The molecule has 0 aromatic heterocycles. The molecule has 8 nitrogen and oxygen atoms in total. The van der Waals surface area contributed by atoms with Gasteiger partial charge in [-0.05, 0) is 48.0 Å². The summed E-state index contributed by atoms with van der Waals surface area (Å²) >= 11 is 5.92. The molecule has 30 heavy (non-hydrogen) atoms. The Morgan fingerprint density at radius 3 is 2.63 bits per heavy atom. The number of carbonyl (C=O) groups excluding carboxylic acids is 1. The van der Waals surface area contributed by atoms with Crippen LogP contribution >= 0.6 is 11.6 Å². The van der Waals surface area contributed by atoms with E-state index in [-0.39, 0.29) is 17.0 Å². The molecular weight excluding hydrogens is 410 g/mol. The van der Waals surface area contributed by atoms with Gasteiger partial charge in [-0.2, -0.15) is 5.10 Å². The molecule has 3 aromatic carbocycles. The summed E-state index contributed by atoms with van der Waals surface area (Å²) in [6.45, 7) is 0. The number of carbonyl (C=O) groups is 1. The first-order valence-corrected chi connectivity index (χ1v) is 9.03. The van der Waals surface area contributed by atoms with Crippen molar-refractivity contribution in [3.63, 3.8) is 0 Å². The molecule has 0 spiro atoms. The standard InChI is InChI=1S/C21H16ClN3O5/c1-29-20-10-14(13-23-24-17-6-3-5-16(22)12-17)8-9-19(20)30-21(26)15-4-2-7-18(11-15)25(27)28/h2-13,24H,1H3. The number of nitro benzene ring substituents is 1. The predicted molar refractivity (Wildman–Crippen MR) is 114 cm³/mol. The minimum absolute atomic E-state index is 0.0580. The number of nitro groups is 1. The fourth-order valence-corrected chi connectivity index (χ4v) is 2.68. The number of esters is 1. The number of hydrogen-bond donors (Lipinski definition) is 1. The molecule has 0 fully saturated rings. The van der Waals surface area contributed by atoms with Gasteiger partial charge in [0.15, 0.2) is 11.5 Å². The molecule has 0 heterocycles. The van der Waals surface area contributed by atoms with Crippen molar-refractivity contribution in [2.45, 2.75) is 0 Å². The molecule has 0 saturated carbocycles. The number of halogens is 1. The molecule has 9 heteroatoms. The van der Waals surface area contributed by atoms with Gasteiger partial charge in [-0.25, -0.2) is 4.79 Å². The second kappa shape index (κ2) is 9.53. The largest absolute Gasteiger partial charge is 0.493 e. The first-order valence-electron chi connectivity index (χ1n) is 8.65. The average molecular weight is 426 g/mol. The number of hydrogen-bond acceptors (Lipinski definition) is 7. The van der Waals surface area contributed by atoms with Gasteiger partial charge in [0.05, 0.1) is 29.5 Å². The molecule has 0 aliphatic carbocycles. The lowest BCUT2D eigenvalue weighted by Crippen LogP contribution is -2.09. The minimum Gasteiger partial charge on any atom is -0.493 e. The number of rotatable bonds is 7. The van der Waals surface area contributed by atoms with Crippen LogP contribution in [0.2, 0.25) is 5.02 Å².